The smallest absolute Gasteiger partial charge is 0.257 e. The van der Waals surface area contributed by atoms with Gasteiger partial charge >= 0.3 is 0 Å². The molecule has 4 aromatic rings. The third kappa shape index (κ3) is 4.33. The van der Waals surface area contributed by atoms with E-state index >= 15 is 0 Å². The second-order valence-corrected chi connectivity index (χ2v) is 7.35. The zero-order valence-electron chi connectivity index (χ0n) is 16.5. The highest BCUT2D eigenvalue weighted by Gasteiger charge is 2.12. The number of hydrogen-bond acceptors (Lipinski definition) is 6. The lowest BCUT2D eigenvalue weighted by Crippen LogP contribution is -2.11. The molecule has 0 aliphatic carbocycles. The van der Waals surface area contributed by atoms with Crippen molar-refractivity contribution in [1.82, 2.24) is 14.5 Å². The third-order valence-corrected chi connectivity index (χ3v) is 5.30. The van der Waals surface area contributed by atoms with Crippen LogP contribution in [0, 0.1) is 0 Å². The molecule has 4 rings (SSSR count). The summed E-state index contributed by atoms with van der Waals surface area (Å²) in [5.41, 5.74) is 3.31. The van der Waals surface area contributed by atoms with Gasteiger partial charge in [0.1, 0.15) is 0 Å². The second-order valence-electron chi connectivity index (χ2n) is 6.49. The molecule has 0 unspecified atom stereocenters. The van der Waals surface area contributed by atoms with Crippen LogP contribution in [-0.2, 0) is 6.54 Å². The fraction of sp³-hybridized carbons (Fsp3) is 0.136. The summed E-state index contributed by atoms with van der Waals surface area (Å²) in [5, 5.41) is 5.29. The van der Waals surface area contributed by atoms with Crippen molar-refractivity contribution in [2.45, 2.75) is 6.54 Å². The third-order valence-electron chi connectivity index (χ3n) is 4.54. The van der Waals surface area contributed by atoms with Crippen LogP contribution in [0.2, 0.25) is 0 Å². The highest BCUT2D eigenvalue weighted by Crippen LogP contribution is 2.33. The Bertz CT molecular complexity index is 1140. The lowest BCUT2D eigenvalue weighted by molar-refractivity contribution is 0.102. The molecule has 152 valence electrons. The van der Waals surface area contributed by atoms with Crippen molar-refractivity contribution >= 4 is 22.4 Å². The fourth-order valence-electron chi connectivity index (χ4n) is 2.98. The van der Waals surface area contributed by atoms with Crippen molar-refractivity contribution in [1.29, 1.82) is 0 Å². The molecule has 0 aliphatic rings. The van der Waals surface area contributed by atoms with Gasteiger partial charge in [-0.3, -0.25) is 10.1 Å². The van der Waals surface area contributed by atoms with Crippen LogP contribution in [0.3, 0.4) is 0 Å². The van der Waals surface area contributed by atoms with Crippen LogP contribution in [0.1, 0.15) is 15.9 Å². The maximum absolute atomic E-state index is 12.6. The van der Waals surface area contributed by atoms with E-state index in [1.165, 1.54) is 11.3 Å². The Morgan fingerprint density at radius 2 is 1.90 bits per heavy atom. The Balaban J connectivity index is 1.44. The predicted octanol–water partition coefficient (Wildman–Crippen LogP) is 4.32. The lowest BCUT2D eigenvalue weighted by Gasteiger charge is -2.08. The van der Waals surface area contributed by atoms with E-state index in [0.29, 0.717) is 28.7 Å². The molecule has 0 saturated heterocycles. The number of hydrogen-bond donors (Lipinski definition) is 1. The van der Waals surface area contributed by atoms with Gasteiger partial charge < -0.3 is 14.0 Å². The van der Waals surface area contributed by atoms with E-state index in [9.17, 15) is 4.79 Å². The van der Waals surface area contributed by atoms with Crippen LogP contribution < -0.4 is 14.8 Å². The molecule has 0 saturated carbocycles. The van der Waals surface area contributed by atoms with Crippen molar-refractivity contribution in [3.05, 3.63) is 77.7 Å². The van der Waals surface area contributed by atoms with Gasteiger partial charge in [-0.2, -0.15) is 0 Å². The molecule has 2 aromatic heterocycles. The van der Waals surface area contributed by atoms with Crippen LogP contribution in [0.5, 0.6) is 11.5 Å². The minimum atomic E-state index is -0.197. The number of nitrogens with one attached hydrogen (secondary N) is 1. The maximum Gasteiger partial charge on any atom is 0.257 e. The molecular weight excluding hydrogens is 400 g/mol. The molecule has 7 nitrogen and oxygen atoms in total. The number of methoxy groups -OCH3 is 2. The summed E-state index contributed by atoms with van der Waals surface area (Å²) < 4.78 is 12.6. The van der Waals surface area contributed by atoms with Crippen LogP contribution in [0.4, 0.5) is 5.13 Å². The number of aromatic nitrogens is 3. The first-order valence-electron chi connectivity index (χ1n) is 9.20. The number of imidazole rings is 1. The summed E-state index contributed by atoms with van der Waals surface area (Å²) in [6.45, 7) is 0.711. The summed E-state index contributed by atoms with van der Waals surface area (Å²) in [4.78, 5) is 21.1. The molecule has 1 amide bonds. The number of amides is 1. The Morgan fingerprint density at radius 1 is 1.10 bits per heavy atom. The van der Waals surface area contributed by atoms with Gasteiger partial charge in [0, 0.05) is 35.4 Å². The number of carbonyl (C=O) groups excluding carboxylic acids is 1. The quantitative estimate of drug-likeness (QED) is 0.482. The number of thiazole rings is 1. The van der Waals surface area contributed by atoms with Crippen LogP contribution >= 0.6 is 11.3 Å². The number of nitrogens with zero attached hydrogens (tertiary/aromatic N) is 3. The van der Waals surface area contributed by atoms with E-state index in [2.05, 4.69) is 15.3 Å². The number of anilines is 1. The summed E-state index contributed by atoms with van der Waals surface area (Å²) in [6.07, 6.45) is 5.41. The Morgan fingerprint density at radius 3 is 2.60 bits per heavy atom. The van der Waals surface area contributed by atoms with E-state index in [4.69, 9.17) is 9.47 Å². The SMILES string of the molecule is COc1ccc(-c2csc(NC(=O)c3ccc(Cn4ccnc4)cc3)n2)cc1OC. The van der Waals surface area contributed by atoms with Gasteiger partial charge in [-0.25, -0.2) is 9.97 Å². The molecule has 2 aromatic carbocycles. The van der Waals surface area contributed by atoms with Gasteiger partial charge in [-0.1, -0.05) is 12.1 Å². The highest BCUT2D eigenvalue weighted by molar-refractivity contribution is 7.14. The first-order valence-corrected chi connectivity index (χ1v) is 10.1. The average molecular weight is 420 g/mol. The molecule has 1 N–H and O–H groups in total. The van der Waals surface area contributed by atoms with E-state index < -0.39 is 0 Å². The van der Waals surface area contributed by atoms with Gasteiger partial charge in [-0.05, 0) is 35.9 Å². The molecule has 8 heteroatoms. The number of carbonyl (C=O) groups is 1. The van der Waals surface area contributed by atoms with Gasteiger partial charge in [0.15, 0.2) is 16.6 Å². The standard InChI is InChI=1S/C22H20N4O3S/c1-28-19-8-7-17(11-20(19)29-2)18-13-30-22(24-18)25-21(27)16-5-3-15(4-6-16)12-26-10-9-23-14-26/h3-11,13-14H,12H2,1-2H3,(H,24,25,27). The summed E-state index contributed by atoms with van der Waals surface area (Å²) >= 11 is 1.37. The molecule has 0 radical (unpaired) electrons. The van der Waals surface area contributed by atoms with Gasteiger partial charge in [0.25, 0.3) is 5.91 Å². The van der Waals surface area contributed by atoms with E-state index in [0.717, 1.165) is 16.8 Å². The molecule has 0 atom stereocenters. The molecular formula is C22H20N4O3S. The molecule has 0 aliphatic heterocycles. The molecule has 0 fully saturated rings. The summed E-state index contributed by atoms with van der Waals surface area (Å²) in [5.74, 6) is 1.09. The van der Waals surface area contributed by atoms with Crippen molar-refractivity contribution in [3.8, 4) is 22.8 Å². The molecule has 0 bridgehead atoms. The maximum atomic E-state index is 12.6. The summed E-state index contributed by atoms with van der Waals surface area (Å²) in [6, 6.07) is 13.1. The largest absolute Gasteiger partial charge is 0.493 e. The number of ether oxygens (including phenoxy) is 2. The summed E-state index contributed by atoms with van der Waals surface area (Å²) in [7, 11) is 3.19. The van der Waals surface area contributed by atoms with Crippen LogP contribution in [-0.4, -0.2) is 34.7 Å². The van der Waals surface area contributed by atoms with Gasteiger partial charge in [0.2, 0.25) is 0 Å². The van der Waals surface area contributed by atoms with E-state index in [1.807, 2.05) is 58.6 Å². The Kier molecular flexibility index (Phi) is 5.76. The molecule has 0 spiro atoms. The highest BCUT2D eigenvalue weighted by atomic mass is 32.1. The minimum Gasteiger partial charge on any atom is -0.493 e. The van der Waals surface area contributed by atoms with Gasteiger partial charge in [0.05, 0.1) is 26.2 Å². The molecule has 30 heavy (non-hydrogen) atoms. The van der Waals surface area contributed by atoms with Crippen molar-refractivity contribution in [2.24, 2.45) is 0 Å². The van der Waals surface area contributed by atoms with E-state index in [-0.39, 0.29) is 5.91 Å². The zero-order valence-corrected chi connectivity index (χ0v) is 17.3. The van der Waals surface area contributed by atoms with Crippen LogP contribution in [0.15, 0.2) is 66.6 Å². The Hall–Kier alpha value is -3.65. The monoisotopic (exact) mass is 420 g/mol. The molecule has 2 heterocycles. The van der Waals surface area contributed by atoms with Crippen LogP contribution in [0.25, 0.3) is 11.3 Å². The minimum absolute atomic E-state index is 0.197. The van der Waals surface area contributed by atoms with Crippen molar-refractivity contribution in [3.63, 3.8) is 0 Å². The first-order chi connectivity index (χ1) is 14.7. The van der Waals surface area contributed by atoms with Gasteiger partial charge in [-0.15, -0.1) is 11.3 Å². The number of rotatable bonds is 7. The zero-order chi connectivity index (χ0) is 20.9. The number of benzene rings is 2. The van der Waals surface area contributed by atoms with Crippen molar-refractivity contribution < 1.29 is 14.3 Å². The second kappa shape index (κ2) is 8.79. The normalized spacial score (nSPS) is 10.6. The fourth-order valence-corrected chi connectivity index (χ4v) is 3.70. The first kappa shape index (κ1) is 19.7. The average Bonchev–Trinajstić information content (AvgIpc) is 3.46. The topological polar surface area (TPSA) is 78.3 Å². The Labute approximate surface area is 177 Å². The van der Waals surface area contributed by atoms with Crippen molar-refractivity contribution in [2.75, 3.05) is 19.5 Å². The predicted molar refractivity (Wildman–Crippen MR) is 116 cm³/mol. The lowest BCUT2D eigenvalue weighted by atomic mass is 10.1. The van der Waals surface area contributed by atoms with E-state index in [1.54, 1.807) is 26.7 Å².